The molecule has 0 atom stereocenters. The van der Waals surface area contributed by atoms with Crippen molar-refractivity contribution in [3.05, 3.63) is 0 Å². The molecule has 5 nitrogen and oxygen atoms in total. The number of aliphatic carboxylic acids is 1. The van der Waals surface area contributed by atoms with Crippen molar-refractivity contribution in [2.45, 2.75) is 20.8 Å². The number of hydrogen-bond acceptors (Lipinski definition) is 3. The lowest BCUT2D eigenvalue weighted by molar-refractivity contribution is -0.145. The minimum absolute atomic E-state index is 0.0250. The van der Waals surface area contributed by atoms with E-state index in [1.54, 1.807) is 11.9 Å². The summed E-state index contributed by atoms with van der Waals surface area (Å²) >= 11 is 0. The number of hydrogen-bond donors (Lipinski definition) is 1. The van der Waals surface area contributed by atoms with Gasteiger partial charge in [-0.15, -0.1) is 0 Å². The summed E-state index contributed by atoms with van der Waals surface area (Å²) in [7, 11) is 1.68. The quantitative estimate of drug-likeness (QED) is 0.732. The molecule has 0 aromatic heterocycles. The van der Waals surface area contributed by atoms with Crippen LogP contribution in [0.4, 0.5) is 0 Å². The lowest BCUT2D eigenvalue weighted by atomic mass is 9.96. The first-order valence-electron chi connectivity index (χ1n) is 4.76. The molecule has 0 spiro atoms. The summed E-state index contributed by atoms with van der Waals surface area (Å²) in [5.41, 5.74) is 0.0250. The van der Waals surface area contributed by atoms with Gasteiger partial charge in [0.15, 0.2) is 0 Å². The summed E-state index contributed by atoms with van der Waals surface area (Å²) < 4.78 is 4.70. The number of rotatable bonds is 5. The van der Waals surface area contributed by atoms with Crippen molar-refractivity contribution in [3.8, 4) is 0 Å². The van der Waals surface area contributed by atoms with Crippen LogP contribution in [-0.2, 0) is 14.3 Å². The average Bonchev–Trinajstić information content (AvgIpc) is 1.99. The molecule has 15 heavy (non-hydrogen) atoms. The Balaban J connectivity index is 3.85. The van der Waals surface area contributed by atoms with Crippen molar-refractivity contribution < 1.29 is 19.4 Å². The van der Waals surface area contributed by atoms with E-state index >= 15 is 0 Å². The number of nitrogens with zero attached hydrogens (tertiary/aromatic N) is 1. The van der Waals surface area contributed by atoms with E-state index in [0.717, 1.165) is 0 Å². The molecule has 0 saturated heterocycles. The third kappa shape index (κ3) is 7.93. The van der Waals surface area contributed by atoms with E-state index in [4.69, 9.17) is 9.84 Å². The van der Waals surface area contributed by atoms with Gasteiger partial charge in [0, 0.05) is 13.6 Å². The number of amides is 1. The Kier molecular flexibility index (Phi) is 5.28. The normalized spacial score (nSPS) is 11.2. The zero-order valence-corrected chi connectivity index (χ0v) is 9.74. The van der Waals surface area contributed by atoms with Crippen molar-refractivity contribution in [2.24, 2.45) is 5.41 Å². The number of carboxylic acid groups (broad SMARTS) is 1. The van der Waals surface area contributed by atoms with Gasteiger partial charge in [-0.05, 0) is 5.41 Å². The first-order chi connectivity index (χ1) is 6.72. The van der Waals surface area contributed by atoms with Crippen LogP contribution in [0.2, 0.25) is 0 Å². The summed E-state index contributed by atoms with van der Waals surface area (Å²) in [5, 5.41) is 8.30. The van der Waals surface area contributed by atoms with E-state index in [0.29, 0.717) is 6.54 Å². The molecule has 0 aromatic rings. The van der Waals surface area contributed by atoms with E-state index in [1.165, 1.54) is 0 Å². The maximum atomic E-state index is 11.4. The number of carbonyl (C=O) groups excluding carboxylic acids is 1. The molecule has 0 rings (SSSR count). The Hall–Kier alpha value is -1.10. The maximum absolute atomic E-state index is 11.4. The summed E-state index contributed by atoms with van der Waals surface area (Å²) in [5.74, 6) is -1.27. The predicted octanol–water partition coefficient (Wildman–Crippen LogP) is 0.592. The van der Waals surface area contributed by atoms with Crippen LogP contribution >= 0.6 is 0 Å². The molecule has 0 radical (unpaired) electrons. The van der Waals surface area contributed by atoms with Crippen LogP contribution in [0.5, 0.6) is 0 Å². The Bertz CT molecular complexity index is 232. The molecule has 0 fully saturated rings. The van der Waals surface area contributed by atoms with Crippen molar-refractivity contribution in [1.82, 2.24) is 4.90 Å². The standard InChI is InChI=1S/C10H19NO4/c1-10(2,3)7-11(4)8(12)5-15-6-9(13)14/h5-7H2,1-4H3,(H,13,14). The highest BCUT2D eigenvalue weighted by Gasteiger charge is 2.17. The molecule has 0 bridgehead atoms. The van der Waals surface area contributed by atoms with E-state index in [1.807, 2.05) is 20.8 Å². The van der Waals surface area contributed by atoms with Gasteiger partial charge in [-0.1, -0.05) is 20.8 Å². The lowest BCUT2D eigenvalue weighted by Gasteiger charge is -2.26. The second-order valence-corrected chi connectivity index (χ2v) is 4.70. The van der Waals surface area contributed by atoms with Crippen LogP contribution in [0.1, 0.15) is 20.8 Å². The van der Waals surface area contributed by atoms with Crippen molar-refractivity contribution in [1.29, 1.82) is 0 Å². The Labute approximate surface area is 90.0 Å². The summed E-state index contributed by atoms with van der Waals surface area (Å²) in [6.07, 6.45) is 0. The Morgan fingerprint density at radius 3 is 2.20 bits per heavy atom. The lowest BCUT2D eigenvalue weighted by Crippen LogP contribution is -2.37. The van der Waals surface area contributed by atoms with Gasteiger partial charge in [0.25, 0.3) is 0 Å². The highest BCUT2D eigenvalue weighted by Crippen LogP contribution is 2.13. The maximum Gasteiger partial charge on any atom is 0.329 e. The minimum Gasteiger partial charge on any atom is -0.480 e. The van der Waals surface area contributed by atoms with Crippen molar-refractivity contribution in [3.63, 3.8) is 0 Å². The molecule has 0 aliphatic rings. The molecule has 5 heteroatoms. The van der Waals surface area contributed by atoms with E-state index in [2.05, 4.69) is 0 Å². The molecule has 0 aliphatic heterocycles. The second-order valence-electron chi connectivity index (χ2n) is 4.70. The fourth-order valence-electron chi connectivity index (χ4n) is 1.14. The van der Waals surface area contributed by atoms with Gasteiger partial charge in [-0.3, -0.25) is 4.79 Å². The average molecular weight is 217 g/mol. The minimum atomic E-state index is -1.07. The second kappa shape index (κ2) is 5.70. The third-order valence-electron chi connectivity index (χ3n) is 1.59. The summed E-state index contributed by atoms with van der Waals surface area (Å²) in [6, 6.07) is 0. The Morgan fingerprint density at radius 2 is 1.80 bits per heavy atom. The highest BCUT2D eigenvalue weighted by molar-refractivity contribution is 5.77. The number of likely N-dealkylation sites (N-methyl/N-ethyl adjacent to an activating group) is 1. The van der Waals surface area contributed by atoms with Crippen LogP contribution in [0.25, 0.3) is 0 Å². The zero-order chi connectivity index (χ0) is 12.1. The molecule has 88 valence electrons. The monoisotopic (exact) mass is 217 g/mol. The van der Waals surface area contributed by atoms with Crippen molar-refractivity contribution >= 4 is 11.9 Å². The van der Waals surface area contributed by atoms with Crippen LogP contribution < -0.4 is 0 Å². The van der Waals surface area contributed by atoms with E-state index in [-0.39, 0.29) is 17.9 Å². The topological polar surface area (TPSA) is 66.8 Å². The van der Waals surface area contributed by atoms with Gasteiger partial charge in [-0.25, -0.2) is 4.79 Å². The fraction of sp³-hybridized carbons (Fsp3) is 0.800. The number of ether oxygens (including phenoxy) is 1. The molecule has 0 aliphatic carbocycles. The summed E-state index contributed by atoms with van der Waals surface area (Å²) in [6.45, 7) is 6.06. The fourth-order valence-corrected chi connectivity index (χ4v) is 1.14. The molecule has 0 heterocycles. The van der Waals surface area contributed by atoms with Gasteiger partial charge in [-0.2, -0.15) is 0 Å². The number of carbonyl (C=O) groups is 2. The predicted molar refractivity (Wildman–Crippen MR) is 55.5 cm³/mol. The molecule has 0 saturated carbocycles. The largest absolute Gasteiger partial charge is 0.480 e. The molecule has 0 aromatic carbocycles. The number of carboxylic acids is 1. The van der Waals surface area contributed by atoms with Gasteiger partial charge >= 0.3 is 5.97 Å². The van der Waals surface area contributed by atoms with E-state index in [9.17, 15) is 9.59 Å². The highest BCUT2D eigenvalue weighted by atomic mass is 16.5. The summed E-state index contributed by atoms with van der Waals surface area (Å²) in [4.78, 5) is 23.1. The SMILES string of the molecule is CN(CC(C)(C)C)C(=O)COCC(=O)O. The third-order valence-corrected chi connectivity index (χ3v) is 1.59. The molecule has 1 amide bonds. The van der Waals surface area contributed by atoms with Gasteiger partial charge < -0.3 is 14.7 Å². The molecule has 1 N–H and O–H groups in total. The van der Waals surface area contributed by atoms with Crippen LogP contribution in [0.15, 0.2) is 0 Å². The first-order valence-corrected chi connectivity index (χ1v) is 4.76. The van der Waals surface area contributed by atoms with Gasteiger partial charge in [0.2, 0.25) is 5.91 Å². The molecule has 0 unspecified atom stereocenters. The smallest absolute Gasteiger partial charge is 0.329 e. The molecular weight excluding hydrogens is 198 g/mol. The zero-order valence-electron chi connectivity index (χ0n) is 9.74. The van der Waals surface area contributed by atoms with Crippen LogP contribution in [0, 0.1) is 5.41 Å². The van der Waals surface area contributed by atoms with Crippen LogP contribution in [0.3, 0.4) is 0 Å². The van der Waals surface area contributed by atoms with E-state index < -0.39 is 12.6 Å². The van der Waals surface area contributed by atoms with Crippen molar-refractivity contribution in [2.75, 3.05) is 26.8 Å². The van der Waals surface area contributed by atoms with Crippen LogP contribution in [-0.4, -0.2) is 48.7 Å². The van der Waals surface area contributed by atoms with Gasteiger partial charge in [0.05, 0.1) is 0 Å². The van der Waals surface area contributed by atoms with Gasteiger partial charge in [0.1, 0.15) is 13.2 Å². The first kappa shape index (κ1) is 13.9. The molecular formula is C10H19NO4. The Morgan fingerprint density at radius 1 is 1.27 bits per heavy atom.